The molecule has 1 aliphatic heterocycles. The standard InChI is InChI=1S/C27H25F2NO7S/c1-35-24-8-3-2-5-19(24)11-9-18-10-13-25-23(15-18)30(17-21(36-25)12-14-26(31)32)38(33,34)22-7-4-6-20(16-22)37-27(28)29/h2-11,13,15-16,21,27H,12,14,17H2,1H3,(H,31,32). The highest BCUT2D eigenvalue weighted by Gasteiger charge is 2.35. The van der Waals surface area contributed by atoms with Gasteiger partial charge < -0.3 is 19.3 Å². The maximum Gasteiger partial charge on any atom is 0.387 e. The highest BCUT2D eigenvalue weighted by molar-refractivity contribution is 7.92. The smallest absolute Gasteiger partial charge is 0.387 e. The van der Waals surface area contributed by atoms with Crippen molar-refractivity contribution in [1.82, 2.24) is 0 Å². The predicted molar refractivity (Wildman–Crippen MR) is 137 cm³/mol. The van der Waals surface area contributed by atoms with Gasteiger partial charge in [-0.15, -0.1) is 0 Å². The second-order valence-corrected chi connectivity index (χ2v) is 10.2. The topological polar surface area (TPSA) is 102 Å². The second-order valence-electron chi connectivity index (χ2n) is 8.36. The van der Waals surface area contributed by atoms with Crippen LogP contribution in [0.15, 0.2) is 71.6 Å². The minimum Gasteiger partial charge on any atom is -0.496 e. The molecule has 1 atom stereocenters. The molecule has 0 bridgehead atoms. The molecule has 1 heterocycles. The van der Waals surface area contributed by atoms with Gasteiger partial charge in [0.2, 0.25) is 0 Å². The molecular weight excluding hydrogens is 520 g/mol. The van der Waals surface area contributed by atoms with E-state index in [1.54, 1.807) is 31.4 Å². The summed E-state index contributed by atoms with van der Waals surface area (Å²) in [5.41, 5.74) is 1.72. The third-order valence-electron chi connectivity index (χ3n) is 5.81. The fraction of sp³-hybridized carbons (Fsp3) is 0.222. The van der Waals surface area contributed by atoms with E-state index in [0.717, 1.165) is 15.9 Å². The Morgan fingerprint density at radius 1 is 1.13 bits per heavy atom. The van der Waals surface area contributed by atoms with Crippen LogP contribution >= 0.6 is 0 Å². The number of benzene rings is 3. The van der Waals surface area contributed by atoms with Crippen LogP contribution in [0.5, 0.6) is 17.2 Å². The van der Waals surface area contributed by atoms with Gasteiger partial charge in [-0.25, -0.2) is 8.42 Å². The van der Waals surface area contributed by atoms with E-state index in [9.17, 15) is 22.0 Å². The zero-order valence-electron chi connectivity index (χ0n) is 20.3. The number of rotatable bonds is 10. The number of para-hydroxylation sites is 1. The molecule has 0 saturated carbocycles. The molecule has 0 aliphatic carbocycles. The van der Waals surface area contributed by atoms with Crippen molar-refractivity contribution in [2.45, 2.75) is 30.5 Å². The number of hydrogen-bond donors (Lipinski definition) is 1. The molecule has 3 aromatic rings. The number of hydrogen-bond acceptors (Lipinski definition) is 6. The Morgan fingerprint density at radius 3 is 2.66 bits per heavy atom. The monoisotopic (exact) mass is 545 g/mol. The van der Waals surface area contributed by atoms with Crippen molar-refractivity contribution in [2.75, 3.05) is 18.0 Å². The Bertz CT molecular complexity index is 1440. The van der Waals surface area contributed by atoms with E-state index in [2.05, 4.69) is 4.74 Å². The van der Waals surface area contributed by atoms with E-state index in [-0.39, 0.29) is 41.5 Å². The summed E-state index contributed by atoms with van der Waals surface area (Å²) in [6.45, 7) is -3.28. The minimum atomic E-state index is -4.26. The number of anilines is 1. The molecule has 200 valence electrons. The first kappa shape index (κ1) is 26.9. The van der Waals surface area contributed by atoms with Crippen molar-refractivity contribution >= 4 is 33.8 Å². The van der Waals surface area contributed by atoms with Crippen LogP contribution in [0.3, 0.4) is 0 Å². The van der Waals surface area contributed by atoms with Gasteiger partial charge in [-0.2, -0.15) is 8.78 Å². The van der Waals surface area contributed by atoms with E-state index in [1.807, 2.05) is 30.3 Å². The molecule has 1 N–H and O–H groups in total. The maximum absolute atomic E-state index is 13.7. The summed E-state index contributed by atoms with van der Waals surface area (Å²) in [7, 11) is -2.70. The number of ether oxygens (including phenoxy) is 3. The van der Waals surface area contributed by atoms with Crippen LogP contribution in [0, 0.1) is 0 Å². The molecule has 8 nitrogen and oxygen atoms in total. The highest BCUT2D eigenvalue weighted by atomic mass is 32.2. The largest absolute Gasteiger partial charge is 0.496 e. The maximum atomic E-state index is 13.7. The molecule has 1 aliphatic rings. The zero-order chi connectivity index (χ0) is 27.3. The molecule has 38 heavy (non-hydrogen) atoms. The summed E-state index contributed by atoms with van der Waals surface area (Å²) in [6.07, 6.45) is 2.74. The SMILES string of the molecule is COc1ccccc1C=Cc1ccc2c(c1)N(S(=O)(=O)c1cccc(OC(F)F)c1)CC(CCC(=O)O)O2. The Labute approximate surface area is 218 Å². The molecule has 1 unspecified atom stereocenters. The van der Waals surface area contributed by atoms with Gasteiger partial charge in [0, 0.05) is 18.1 Å². The fourth-order valence-electron chi connectivity index (χ4n) is 4.02. The molecule has 11 heteroatoms. The Morgan fingerprint density at radius 2 is 1.92 bits per heavy atom. The number of alkyl halides is 2. The Balaban J connectivity index is 1.73. The first-order valence-electron chi connectivity index (χ1n) is 11.6. The highest BCUT2D eigenvalue weighted by Crippen LogP contribution is 2.39. The lowest BCUT2D eigenvalue weighted by atomic mass is 10.1. The first-order chi connectivity index (χ1) is 18.2. The first-order valence-corrected chi connectivity index (χ1v) is 13.0. The Kier molecular flexibility index (Phi) is 8.16. The van der Waals surface area contributed by atoms with Crippen LogP contribution in [0.1, 0.15) is 24.0 Å². The van der Waals surface area contributed by atoms with E-state index in [4.69, 9.17) is 14.6 Å². The van der Waals surface area contributed by atoms with Gasteiger partial charge in [-0.3, -0.25) is 9.10 Å². The van der Waals surface area contributed by atoms with Crippen LogP contribution in [0.25, 0.3) is 12.2 Å². The summed E-state index contributed by atoms with van der Waals surface area (Å²) in [6, 6.07) is 17.2. The van der Waals surface area contributed by atoms with Gasteiger partial charge in [0.05, 0.1) is 24.2 Å². The number of nitrogens with zero attached hydrogens (tertiary/aromatic N) is 1. The lowest BCUT2D eigenvalue weighted by molar-refractivity contribution is -0.137. The summed E-state index contributed by atoms with van der Waals surface area (Å²) in [4.78, 5) is 10.9. The van der Waals surface area contributed by atoms with Crippen LogP contribution in [0.4, 0.5) is 14.5 Å². The molecule has 0 radical (unpaired) electrons. The van der Waals surface area contributed by atoms with E-state index < -0.39 is 28.7 Å². The van der Waals surface area contributed by atoms with Crippen molar-refractivity contribution in [1.29, 1.82) is 0 Å². The molecule has 0 saturated heterocycles. The number of aliphatic carboxylic acids is 1. The number of carbonyl (C=O) groups is 1. The average molecular weight is 546 g/mol. The van der Waals surface area contributed by atoms with E-state index in [1.165, 1.54) is 18.2 Å². The number of carboxylic acid groups (broad SMARTS) is 1. The van der Waals surface area contributed by atoms with Crippen LogP contribution < -0.4 is 18.5 Å². The zero-order valence-corrected chi connectivity index (χ0v) is 21.1. The summed E-state index contributed by atoms with van der Waals surface area (Å²) in [5.74, 6) is -0.418. The quantitative estimate of drug-likeness (QED) is 0.346. The number of halogens is 2. The second kappa shape index (κ2) is 11.5. The number of carboxylic acids is 1. The third kappa shape index (κ3) is 6.23. The van der Waals surface area contributed by atoms with E-state index in [0.29, 0.717) is 11.3 Å². The minimum absolute atomic E-state index is 0.0742. The van der Waals surface area contributed by atoms with Crippen molar-refractivity contribution in [2.24, 2.45) is 0 Å². The molecule has 3 aromatic carbocycles. The van der Waals surface area contributed by atoms with Gasteiger partial charge >= 0.3 is 12.6 Å². The van der Waals surface area contributed by atoms with Crippen molar-refractivity contribution in [3.05, 3.63) is 77.9 Å². The van der Waals surface area contributed by atoms with Crippen molar-refractivity contribution < 1.29 is 41.3 Å². The lowest BCUT2D eigenvalue weighted by Crippen LogP contribution is -2.43. The van der Waals surface area contributed by atoms with Crippen LogP contribution in [-0.4, -0.2) is 45.9 Å². The number of fused-ring (bicyclic) bond motifs is 1. The summed E-state index contributed by atoms with van der Waals surface area (Å²) >= 11 is 0. The van der Waals surface area contributed by atoms with E-state index >= 15 is 0 Å². The van der Waals surface area contributed by atoms with Gasteiger partial charge in [0.25, 0.3) is 10.0 Å². The third-order valence-corrected chi connectivity index (χ3v) is 7.58. The molecule has 4 rings (SSSR count). The van der Waals surface area contributed by atoms with Gasteiger partial charge in [0.15, 0.2) is 0 Å². The fourth-order valence-corrected chi connectivity index (χ4v) is 5.56. The van der Waals surface area contributed by atoms with Gasteiger partial charge in [-0.1, -0.05) is 42.5 Å². The van der Waals surface area contributed by atoms with Crippen molar-refractivity contribution in [3.8, 4) is 17.2 Å². The summed E-state index contributed by atoms with van der Waals surface area (Å²) < 4.78 is 69.7. The molecule has 0 spiro atoms. The van der Waals surface area contributed by atoms with Crippen molar-refractivity contribution in [3.63, 3.8) is 0 Å². The Hall–Kier alpha value is -4.12. The predicted octanol–water partition coefficient (Wildman–Crippen LogP) is 5.29. The lowest BCUT2D eigenvalue weighted by Gasteiger charge is -2.35. The van der Waals surface area contributed by atoms with Crippen LogP contribution in [0.2, 0.25) is 0 Å². The normalized spacial score (nSPS) is 15.3. The summed E-state index contributed by atoms with van der Waals surface area (Å²) in [5, 5.41) is 9.09. The van der Waals surface area contributed by atoms with Gasteiger partial charge in [-0.05, 0) is 42.3 Å². The number of methoxy groups -OCH3 is 1. The molecule has 0 amide bonds. The molecule has 0 fully saturated rings. The van der Waals surface area contributed by atoms with Crippen LogP contribution in [-0.2, 0) is 14.8 Å². The molecule has 0 aromatic heterocycles. The number of sulfonamides is 1. The average Bonchev–Trinajstić information content (AvgIpc) is 2.90. The van der Waals surface area contributed by atoms with Gasteiger partial charge in [0.1, 0.15) is 23.4 Å². The molecular formula is C27H25F2NO7S.